The fraction of sp³-hybridized carbons (Fsp3) is 0.143. The highest BCUT2D eigenvalue weighted by molar-refractivity contribution is 6.04. The first kappa shape index (κ1) is 16.7. The standard InChI is InChI=1S/C21H20N2O2/c1-2-17-11-6-7-13-19(17)22-20(24)18-12-8-14-23(21(18)25)15-16-9-4-3-5-10-16/h3-14H,2,15H2,1H3,(H,22,24). The zero-order chi connectivity index (χ0) is 17.6. The molecular formula is C21H20N2O2. The van der Waals surface area contributed by atoms with Crippen LogP contribution in [0.5, 0.6) is 0 Å². The Labute approximate surface area is 146 Å². The molecule has 3 aromatic rings. The molecule has 126 valence electrons. The number of pyridine rings is 1. The number of aromatic nitrogens is 1. The minimum atomic E-state index is -0.381. The van der Waals surface area contributed by atoms with Gasteiger partial charge in [0.1, 0.15) is 5.56 Å². The van der Waals surface area contributed by atoms with Crippen LogP contribution in [-0.2, 0) is 13.0 Å². The van der Waals surface area contributed by atoms with E-state index in [1.54, 1.807) is 22.9 Å². The van der Waals surface area contributed by atoms with Crippen LogP contribution in [0.25, 0.3) is 0 Å². The van der Waals surface area contributed by atoms with E-state index in [4.69, 9.17) is 0 Å². The maximum absolute atomic E-state index is 12.7. The Hall–Kier alpha value is -3.14. The van der Waals surface area contributed by atoms with Gasteiger partial charge in [-0.05, 0) is 35.7 Å². The second-order valence-electron chi connectivity index (χ2n) is 5.81. The molecule has 1 aromatic heterocycles. The molecule has 25 heavy (non-hydrogen) atoms. The molecule has 0 aliphatic heterocycles. The van der Waals surface area contributed by atoms with E-state index in [2.05, 4.69) is 5.32 Å². The number of nitrogens with zero attached hydrogens (tertiary/aromatic N) is 1. The number of anilines is 1. The van der Waals surface area contributed by atoms with Crippen LogP contribution in [-0.4, -0.2) is 10.5 Å². The molecule has 0 unspecified atom stereocenters. The maximum atomic E-state index is 12.7. The lowest BCUT2D eigenvalue weighted by Crippen LogP contribution is -2.29. The summed E-state index contributed by atoms with van der Waals surface area (Å²) in [4.78, 5) is 25.2. The highest BCUT2D eigenvalue weighted by Gasteiger charge is 2.13. The summed E-state index contributed by atoms with van der Waals surface area (Å²) in [6, 6.07) is 20.6. The summed E-state index contributed by atoms with van der Waals surface area (Å²) in [6.07, 6.45) is 2.51. The molecule has 3 rings (SSSR count). The first-order valence-electron chi connectivity index (χ1n) is 8.31. The molecule has 1 N–H and O–H groups in total. The molecule has 0 saturated heterocycles. The van der Waals surface area contributed by atoms with E-state index >= 15 is 0 Å². The van der Waals surface area contributed by atoms with Gasteiger partial charge in [-0.25, -0.2) is 0 Å². The fourth-order valence-corrected chi connectivity index (χ4v) is 2.75. The van der Waals surface area contributed by atoms with E-state index < -0.39 is 0 Å². The quantitative estimate of drug-likeness (QED) is 0.774. The van der Waals surface area contributed by atoms with Crippen molar-refractivity contribution in [2.24, 2.45) is 0 Å². The van der Waals surface area contributed by atoms with E-state index in [1.807, 2.05) is 61.5 Å². The highest BCUT2D eigenvalue weighted by Crippen LogP contribution is 2.16. The first-order valence-corrected chi connectivity index (χ1v) is 8.31. The Bertz CT molecular complexity index is 930. The van der Waals surface area contributed by atoms with Crippen molar-refractivity contribution >= 4 is 11.6 Å². The fourth-order valence-electron chi connectivity index (χ4n) is 2.75. The van der Waals surface area contributed by atoms with Crippen LogP contribution in [0.3, 0.4) is 0 Å². The Morgan fingerprint density at radius 3 is 2.44 bits per heavy atom. The van der Waals surface area contributed by atoms with Crippen LogP contribution in [0.4, 0.5) is 5.69 Å². The van der Waals surface area contributed by atoms with Crippen molar-refractivity contribution in [3.05, 3.63) is 100.0 Å². The molecule has 2 aromatic carbocycles. The van der Waals surface area contributed by atoms with Gasteiger partial charge in [0.25, 0.3) is 11.5 Å². The molecule has 1 heterocycles. The molecule has 0 radical (unpaired) electrons. The van der Waals surface area contributed by atoms with Gasteiger partial charge in [0.15, 0.2) is 0 Å². The number of hydrogen-bond donors (Lipinski definition) is 1. The predicted octanol–water partition coefficient (Wildman–Crippen LogP) is 3.71. The molecule has 0 aliphatic rings. The Morgan fingerprint density at radius 1 is 0.960 bits per heavy atom. The van der Waals surface area contributed by atoms with E-state index in [0.29, 0.717) is 6.54 Å². The average Bonchev–Trinajstić information content (AvgIpc) is 2.64. The third kappa shape index (κ3) is 3.86. The number of benzene rings is 2. The summed E-state index contributed by atoms with van der Waals surface area (Å²) in [5.41, 5.74) is 2.64. The average molecular weight is 332 g/mol. The summed E-state index contributed by atoms with van der Waals surface area (Å²) in [7, 11) is 0. The first-order chi connectivity index (χ1) is 12.2. The van der Waals surface area contributed by atoms with E-state index in [-0.39, 0.29) is 17.0 Å². The summed E-state index contributed by atoms with van der Waals surface area (Å²) in [6.45, 7) is 2.46. The zero-order valence-corrected chi connectivity index (χ0v) is 14.1. The van der Waals surface area contributed by atoms with Gasteiger partial charge >= 0.3 is 0 Å². The molecule has 0 spiro atoms. The molecule has 4 nitrogen and oxygen atoms in total. The van der Waals surface area contributed by atoms with Crippen LogP contribution < -0.4 is 10.9 Å². The molecule has 0 fully saturated rings. The molecule has 4 heteroatoms. The minimum absolute atomic E-state index is 0.143. The second-order valence-corrected chi connectivity index (χ2v) is 5.81. The third-order valence-corrected chi connectivity index (χ3v) is 4.11. The van der Waals surface area contributed by atoms with Gasteiger partial charge in [-0.15, -0.1) is 0 Å². The number of carbonyl (C=O) groups is 1. The van der Waals surface area contributed by atoms with Gasteiger partial charge < -0.3 is 9.88 Å². The monoisotopic (exact) mass is 332 g/mol. The van der Waals surface area contributed by atoms with Crippen LogP contribution in [0.15, 0.2) is 77.7 Å². The molecule has 1 amide bonds. The minimum Gasteiger partial charge on any atom is -0.322 e. The largest absolute Gasteiger partial charge is 0.322 e. The lowest BCUT2D eigenvalue weighted by molar-refractivity contribution is 0.102. The SMILES string of the molecule is CCc1ccccc1NC(=O)c1cccn(Cc2ccccc2)c1=O. The van der Waals surface area contributed by atoms with Crippen molar-refractivity contribution in [3.63, 3.8) is 0 Å². The second kappa shape index (κ2) is 7.62. The lowest BCUT2D eigenvalue weighted by atomic mass is 10.1. The van der Waals surface area contributed by atoms with Crippen LogP contribution in [0, 0.1) is 0 Å². The van der Waals surface area contributed by atoms with Crippen molar-refractivity contribution in [1.82, 2.24) is 4.57 Å². The number of carbonyl (C=O) groups excluding carboxylic acids is 1. The predicted molar refractivity (Wildman–Crippen MR) is 100 cm³/mol. The number of para-hydroxylation sites is 1. The maximum Gasteiger partial charge on any atom is 0.263 e. The highest BCUT2D eigenvalue weighted by atomic mass is 16.2. The summed E-state index contributed by atoms with van der Waals surface area (Å²) in [5, 5.41) is 2.86. The summed E-state index contributed by atoms with van der Waals surface area (Å²) >= 11 is 0. The van der Waals surface area contributed by atoms with E-state index in [1.165, 1.54) is 0 Å². The molecule has 0 saturated carbocycles. The van der Waals surface area contributed by atoms with E-state index in [9.17, 15) is 9.59 Å². The number of aryl methyl sites for hydroxylation is 1. The molecule has 0 aliphatic carbocycles. The van der Waals surface area contributed by atoms with E-state index in [0.717, 1.165) is 23.2 Å². The van der Waals surface area contributed by atoms with Gasteiger partial charge in [-0.2, -0.15) is 0 Å². The number of nitrogens with one attached hydrogen (secondary N) is 1. The summed E-state index contributed by atoms with van der Waals surface area (Å²) < 4.78 is 1.55. The van der Waals surface area contributed by atoms with Crippen molar-refractivity contribution in [2.45, 2.75) is 19.9 Å². The van der Waals surface area contributed by atoms with Gasteiger partial charge in [0, 0.05) is 11.9 Å². The smallest absolute Gasteiger partial charge is 0.263 e. The molecule has 0 bridgehead atoms. The Balaban J connectivity index is 1.86. The number of hydrogen-bond acceptors (Lipinski definition) is 2. The van der Waals surface area contributed by atoms with Gasteiger partial charge in [0.2, 0.25) is 0 Å². The van der Waals surface area contributed by atoms with Crippen molar-refractivity contribution < 1.29 is 4.79 Å². The van der Waals surface area contributed by atoms with Crippen molar-refractivity contribution in [1.29, 1.82) is 0 Å². The van der Waals surface area contributed by atoms with Crippen LogP contribution in [0.1, 0.15) is 28.4 Å². The summed E-state index contributed by atoms with van der Waals surface area (Å²) in [5.74, 6) is -0.381. The zero-order valence-electron chi connectivity index (χ0n) is 14.1. The van der Waals surface area contributed by atoms with Gasteiger partial charge in [0.05, 0.1) is 6.54 Å². The van der Waals surface area contributed by atoms with Crippen LogP contribution in [0.2, 0.25) is 0 Å². The molecular weight excluding hydrogens is 312 g/mol. The van der Waals surface area contributed by atoms with Gasteiger partial charge in [-0.3, -0.25) is 9.59 Å². The lowest BCUT2D eigenvalue weighted by Gasteiger charge is -2.11. The Morgan fingerprint density at radius 2 is 1.68 bits per heavy atom. The van der Waals surface area contributed by atoms with Crippen LogP contribution >= 0.6 is 0 Å². The van der Waals surface area contributed by atoms with Crippen molar-refractivity contribution in [2.75, 3.05) is 5.32 Å². The number of amides is 1. The number of rotatable bonds is 5. The third-order valence-electron chi connectivity index (χ3n) is 4.11. The van der Waals surface area contributed by atoms with Crippen molar-refractivity contribution in [3.8, 4) is 0 Å². The normalized spacial score (nSPS) is 10.4. The topological polar surface area (TPSA) is 51.1 Å². The Kier molecular flexibility index (Phi) is 5.09. The van der Waals surface area contributed by atoms with Gasteiger partial charge in [-0.1, -0.05) is 55.5 Å². The molecule has 0 atom stereocenters.